The molecule has 1 saturated carbocycles. The van der Waals surface area contributed by atoms with E-state index in [-0.39, 0.29) is 29.3 Å². The van der Waals surface area contributed by atoms with Gasteiger partial charge in [-0.1, -0.05) is 25.8 Å². The Hall–Kier alpha value is -1.37. The number of amides is 3. The van der Waals surface area contributed by atoms with Crippen LogP contribution in [0.15, 0.2) is 6.08 Å². The van der Waals surface area contributed by atoms with Crippen molar-refractivity contribution >= 4 is 52.7 Å². The average molecular weight is 599 g/mol. The van der Waals surface area contributed by atoms with Crippen LogP contribution in [-0.4, -0.2) is 95.3 Å². The first-order chi connectivity index (χ1) is 18.8. The Kier molecular flexibility index (Phi) is 11.8. The summed E-state index contributed by atoms with van der Waals surface area (Å²) in [5, 5.41) is 24.2. The second kappa shape index (κ2) is 15.0. The molecule has 2 heterocycles. The molecular weight excluding hydrogens is 556 g/mol. The number of hydrogen-bond acceptors (Lipinski definition) is 8. The highest BCUT2D eigenvalue weighted by Crippen LogP contribution is 2.30. The lowest BCUT2D eigenvalue weighted by molar-refractivity contribution is -0.125. The standard InChI is InChI=1S/C27H43ClN6O3S2/c1-17(16-34-9-11-38-12-10-34)25(35)30-15-22(18-5-3-4-6-18)32-26(36)21(33-27(37)29-2)14-24-31-20-8-7-19(28)13-23(20)39-24/h7-8,17-19,21-22,26,32,36H,3-6,9-16H2,1-2H3,(H,30,35)(H2,29,33,37)/t17?,19?,21-,22+,26?/m0/s1. The fourth-order valence-corrected chi connectivity index (χ4v) is 8.05. The fourth-order valence-electron chi connectivity index (χ4n) is 5.58. The normalized spacial score (nSPS) is 23.0. The van der Waals surface area contributed by atoms with Crippen molar-refractivity contribution in [3.05, 3.63) is 21.7 Å². The van der Waals surface area contributed by atoms with E-state index in [4.69, 9.17) is 16.6 Å². The van der Waals surface area contributed by atoms with Crippen LogP contribution in [0.3, 0.4) is 0 Å². The quantitative estimate of drug-likeness (QED) is 0.185. The average Bonchev–Trinajstić information content (AvgIpc) is 3.60. The topological polar surface area (TPSA) is 119 Å². The summed E-state index contributed by atoms with van der Waals surface area (Å²) in [4.78, 5) is 33.5. The second-order valence-electron chi connectivity index (χ2n) is 10.9. The van der Waals surface area contributed by atoms with Crippen LogP contribution < -0.4 is 21.3 Å². The molecule has 3 aliphatic rings. The van der Waals surface area contributed by atoms with Crippen LogP contribution in [0.25, 0.3) is 6.08 Å². The number of aliphatic hydroxyl groups excluding tert-OH is 1. The number of allylic oxidation sites excluding steroid dienone is 1. The lowest BCUT2D eigenvalue weighted by atomic mass is 9.96. The summed E-state index contributed by atoms with van der Waals surface area (Å²) >= 11 is 9.82. The number of urea groups is 1. The van der Waals surface area contributed by atoms with E-state index >= 15 is 0 Å². The van der Waals surface area contributed by atoms with Crippen molar-refractivity contribution in [2.24, 2.45) is 11.8 Å². The Bertz CT molecular complexity index is 983. The summed E-state index contributed by atoms with van der Waals surface area (Å²) in [6.07, 6.45) is 8.40. The van der Waals surface area contributed by atoms with Gasteiger partial charge in [0, 0.05) is 74.4 Å². The molecule has 3 amide bonds. The van der Waals surface area contributed by atoms with Gasteiger partial charge in [0.15, 0.2) is 0 Å². The number of carbonyl (C=O) groups excluding carboxylic acids is 2. The van der Waals surface area contributed by atoms with Crippen LogP contribution in [0.4, 0.5) is 4.79 Å². The van der Waals surface area contributed by atoms with Gasteiger partial charge in [-0.05, 0) is 24.8 Å². The van der Waals surface area contributed by atoms with E-state index in [1.807, 2.05) is 30.8 Å². The molecule has 5 atom stereocenters. The summed E-state index contributed by atoms with van der Waals surface area (Å²) in [6.45, 7) is 5.27. The highest BCUT2D eigenvalue weighted by atomic mass is 35.5. The lowest BCUT2D eigenvalue weighted by Gasteiger charge is -2.32. The SMILES string of the molecule is CNC(=O)N[C@@H](Cc1nc2c(s1)CC(Cl)C=C2)C(O)N[C@H](CNC(=O)C(C)CN1CCSCC1)C1CCCC1. The lowest BCUT2D eigenvalue weighted by Crippen LogP contribution is -2.58. The van der Waals surface area contributed by atoms with Crippen LogP contribution in [0.2, 0.25) is 0 Å². The zero-order valence-corrected chi connectivity index (χ0v) is 25.3. The van der Waals surface area contributed by atoms with Crippen LogP contribution in [-0.2, 0) is 17.6 Å². The molecule has 1 aromatic rings. The monoisotopic (exact) mass is 598 g/mol. The summed E-state index contributed by atoms with van der Waals surface area (Å²) in [5.41, 5.74) is 0.914. The molecule has 0 radical (unpaired) electrons. The molecule has 12 heteroatoms. The van der Waals surface area contributed by atoms with Gasteiger partial charge in [0.2, 0.25) is 5.91 Å². The van der Waals surface area contributed by atoms with Gasteiger partial charge < -0.3 is 26.0 Å². The van der Waals surface area contributed by atoms with Crippen molar-refractivity contribution in [2.75, 3.05) is 44.7 Å². The minimum Gasteiger partial charge on any atom is -0.376 e. The number of nitrogens with one attached hydrogen (secondary N) is 4. The van der Waals surface area contributed by atoms with Crippen molar-refractivity contribution in [1.82, 2.24) is 31.2 Å². The molecule has 0 spiro atoms. The van der Waals surface area contributed by atoms with E-state index in [1.54, 1.807) is 18.4 Å². The molecule has 2 fully saturated rings. The third-order valence-corrected chi connectivity index (χ3v) is 10.2. The highest BCUT2D eigenvalue weighted by Gasteiger charge is 2.32. The van der Waals surface area contributed by atoms with Crippen molar-refractivity contribution in [2.45, 2.75) is 69.1 Å². The van der Waals surface area contributed by atoms with Gasteiger partial charge in [-0.3, -0.25) is 10.1 Å². The van der Waals surface area contributed by atoms with E-state index < -0.39 is 12.3 Å². The number of fused-ring (bicyclic) bond motifs is 1. The van der Waals surface area contributed by atoms with Crippen molar-refractivity contribution < 1.29 is 14.7 Å². The summed E-state index contributed by atoms with van der Waals surface area (Å²) in [6, 6.07) is -1.05. The molecule has 1 aliphatic heterocycles. The molecule has 9 nitrogen and oxygen atoms in total. The number of thiazole rings is 1. The van der Waals surface area contributed by atoms with E-state index in [9.17, 15) is 14.7 Å². The predicted octanol–water partition coefficient (Wildman–Crippen LogP) is 2.43. The molecular formula is C27H43ClN6O3S2. The smallest absolute Gasteiger partial charge is 0.314 e. The summed E-state index contributed by atoms with van der Waals surface area (Å²) in [7, 11) is 1.56. The van der Waals surface area contributed by atoms with Gasteiger partial charge in [-0.15, -0.1) is 22.9 Å². The van der Waals surface area contributed by atoms with Gasteiger partial charge in [0.1, 0.15) is 6.23 Å². The molecule has 0 bridgehead atoms. The van der Waals surface area contributed by atoms with E-state index in [0.717, 1.165) is 78.8 Å². The number of halogens is 1. The first-order valence-corrected chi connectivity index (χ1v) is 16.5. The first-order valence-electron chi connectivity index (χ1n) is 14.1. The number of hydrogen-bond donors (Lipinski definition) is 5. The Labute approximate surface area is 245 Å². The van der Waals surface area contributed by atoms with Crippen LogP contribution in [0.5, 0.6) is 0 Å². The van der Waals surface area contributed by atoms with Crippen LogP contribution in [0.1, 0.15) is 48.2 Å². The minimum absolute atomic E-state index is 0.0400. The Morgan fingerprint density at radius 2 is 2.00 bits per heavy atom. The number of aromatic nitrogens is 1. The second-order valence-corrected chi connectivity index (χ2v) is 13.8. The van der Waals surface area contributed by atoms with Gasteiger partial charge in [-0.2, -0.15) is 11.8 Å². The number of nitrogens with zero attached hydrogens (tertiary/aromatic N) is 2. The number of rotatable bonds is 12. The number of alkyl halides is 1. The third kappa shape index (κ3) is 9.06. The molecule has 5 N–H and O–H groups in total. The Balaban J connectivity index is 1.38. The van der Waals surface area contributed by atoms with Crippen molar-refractivity contribution in [3.63, 3.8) is 0 Å². The first kappa shape index (κ1) is 30.6. The summed E-state index contributed by atoms with van der Waals surface area (Å²) < 4.78 is 0. The minimum atomic E-state index is -1.01. The van der Waals surface area contributed by atoms with Gasteiger partial charge in [0.25, 0.3) is 0 Å². The zero-order valence-electron chi connectivity index (χ0n) is 23.0. The summed E-state index contributed by atoms with van der Waals surface area (Å²) in [5.74, 6) is 2.55. The number of carbonyl (C=O) groups is 2. The molecule has 4 rings (SSSR count). The number of thioether (sulfide) groups is 1. The van der Waals surface area contributed by atoms with E-state index in [1.165, 1.54) is 0 Å². The molecule has 3 unspecified atom stereocenters. The van der Waals surface area contributed by atoms with E-state index in [0.29, 0.717) is 18.9 Å². The van der Waals surface area contributed by atoms with Gasteiger partial charge in [0.05, 0.1) is 22.1 Å². The Morgan fingerprint density at radius 3 is 2.72 bits per heavy atom. The van der Waals surface area contributed by atoms with Crippen molar-refractivity contribution in [1.29, 1.82) is 0 Å². The maximum atomic E-state index is 13.0. The zero-order chi connectivity index (χ0) is 27.8. The predicted molar refractivity (Wildman–Crippen MR) is 160 cm³/mol. The Morgan fingerprint density at radius 1 is 1.26 bits per heavy atom. The van der Waals surface area contributed by atoms with Crippen LogP contribution >= 0.6 is 34.7 Å². The van der Waals surface area contributed by atoms with E-state index in [2.05, 4.69) is 26.2 Å². The molecule has 1 aromatic heterocycles. The molecule has 1 saturated heterocycles. The molecule has 0 aromatic carbocycles. The molecule has 2 aliphatic carbocycles. The fraction of sp³-hybridized carbons (Fsp3) is 0.741. The molecule has 39 heavy (non-hydrogen) atoms. The maximum absolute atomic E-state index is 13.0. The third-order valence-electron chi connectivity index (χ3n) is 7.87. The van der Waals surface area contributed by atoms with Gasteiger partial charge >= 0.3 is 6.03 Å². The number of aliphatic hydroxyl groups is 1. The van der Waals surface area contributed by atoms with Crippen molar-refractivity contribution in [3.8, 4) is 0 Å². The van der Waals surface area contributed by atoms with Crippen LogP contribution in [0, 0.1) is 11.8 Å². The molecule has 218 valence electrons. The maximum Gasteiger partial charge on any atom is 0.314 e. The largest absolute Gasteiger partial charge is 0.376 e. The van der Waals surface area contributed by atoms with Gasteiger partial charge in [-0.25, -0.2) is 9.78 Å². The highest BCUT2D eigenvalue weighted by molar-refractivity contribution is 7.99.